The normalized spacial score (nSPS) is 36.3. The minimum absolute atomic E-state index is 0.00522. The maximum absolute atomic E-state index is 14.0. The van der Waals surface area contributed by atoms with Crippen LogP contribution >= 0.6 is 15.9 Å². The number of hydrogen-bond donors (Lipinski definition) is 0. The Hall–Kier alpha value is -4.04. The number of hydrogen-bond acceptors (Lipinski definition) is 13. The van der Waals surface area contributed by atoms with E-state index in [9.17, 15) is 28.8 Å². The summed E-state index contributed by atoms with van der Waals surface area (Å²) in [4.78, 5) is 79.7. The first-order valence-electron chi connectivity index (χ1n) is 16.8. The van der Waals surface area contributed by atoms with Crippen LogP contribution in [-0.2, 0) is 57.1 Å². The average molecular weight is 776 g/mol. The first-order chi connectivity index (χ1) is 23.9. The summed E-state index contributed by atoms with van der Waals surface area (Å²) in [6.45, 7) is 12.0. The van der Waals surface area contributed by atoms with Gasteiger partial charge < -0.3 is 33.2 Å². The fourth-order valence-electron chi connectivity index (χ4n) is 8.00. The van der Waals surface area contributed by atoms with Gasteiger partial charge in [0, 0.05) is 44.0 Å². The number of epoxide rings is 1. The number of fused-ring (bicyclic) bond motifs is 1. The molecule has 5 rings (SSSR count). The van der Waals surface area contributed by atoms with Gasteiger partial charge in [0.05, 0.1) is 11.0 Å². The Morgan fingerprint density at radius 3 is 2.04 bits per heavy atom. The summed E-state index contributed by atoms with van der Waals surface area (Å²) in [5.74, 6) is -5.36. The van der Waals surface area contributed by atoms with Crippen LogP contribution in [0.15, 0.2) is 52.0 Å². The summed E-state index contributed by atoms with van der Waals surface area (Å²) in [5, 5.41) is 0. The molecule has 0 radical (unpaired) electrons. The van der Waals surface area contributed by atoms with Crippen LogP contribution in [0.2, 0.25) is 0 Å². The molecule has 51 heavy (non-hydrogen) atoms. The van der Waals surface area contributed by atoms with Crippen LogP contribution in [0.5, 0.6) is 0 Å². The molecule has 4 aliphatic rings. The Morgan fingerprint density at radius 1 is 0.863 bits per heavy atom. The van der Waals surface area contributed by atoms with Gasteiger partial charge in [-0.05, 0) is 63.1 Å². The van der Waals surface area contributed by atoms with Crippen LogP contribution in [0, 0.1) is 11.3 Å². The summed E-state index contributed by atoms with van der Waals surface area (Å²) in [7, 11) is 0. The van der Waals surface area contributed by atoms with Crippen molar-refractivity contribution in [3.8, 4) is 0 Å². The van der Waals surface area contributed by atoms with Crippen molar-refractivity contribution in [1.82, 2.24) is 0 Å². The molecule has 2 aliphatic heterocycles. The molecule has 1 spiro atoms. The smallest absolute Gasteiger partial charge is 0.342 e. The third-order valence-corrected chi connectivity index (χ3v) is 10.9. The lowest BCUT2D eigenvalue weighted by Gasteiger charge is -2.54. The number of rotatable bonds is 8. The molecule has 0 aromatic heterocycles. The molecule has 1 aromatic rings. The molecule has 0 amide bonds. The topological polar surface area (TPSA) is 170 Å². The Bertz CT molecular complexity index is 1680. The van der Waals surface area contributed by atoms with E-state index >= 15 is 0 Å². The SMILES string of the molecule is CCCC(=O)OC1/C(C)=C/[C@@H]2OC(=O)[C@]3(C)O[C@]23[C@@H](OC(C)=O)[C@H]2C(C)=CC[C@H](OC(C)=O)[C@@]2(C)[C@@H](OC(C)=O)[C@H]1OC(=O)c1ccc(Br)cc1. The van der Waals surface area contributed by atoms with E-state index in [0.717, 1.165) is 0 Å². The van der Waals surface area contributed by atoms with Gasteiger partial charge in [0.1, 0.15) is 12.2 Å². The number of carbonyl (C=O) groups is 6. The molecule has 1 unspecified atom stereocenters. The van der Waals surface area contributed by atoms with Gasteiger partial charge in [0.25, 0.3) is 0 Å². The van der Waals surface area contributed by atoms with Gasteiger partial charge in [-0.25, -0.2) is 9.59 Å². The minimum atomic E-state index is -1.61. The first kappa shape index (κ1) is 38.2. The maximum Gasteiger partial charge on any atom is 0.342 e. The van der Waals surface area contributed by atoms with E-state index in [2.05, 4.69) is 15.9 Å². The minimum Gasteiger partial charge on any atom is -0.461 e. The Kier molecular flexibility index (Phi) is 10.6. The van der Waals surface area contributed by atoms with Crippen LogP contribution < -0.4 is 0 Å². The van der Waals surface area contributed by atoms with Crippen molar-refractivity contribution >= 4 is 51.7 Å². The highest BCUT2D eigenvalue weighted by atomic mass is 79.9. The molecule has 0 bridgehead atoms. The molecular weight excluding hydrogens is 732 g/mol. The summed E-state index contributed by atoms with van der Waals surface area (Å²) in [6.07, 6.45) is -4.18. The fraction of sp³-hybridized carbons (Fsp3) is 0.568. The molecule has 10 atom stereocenters. The molecule has 0 N–H and O–H groups in total. The van der Waals surface area contributed by atoms with Crippen molar-refractivity contribution in [1.29, 1.82) is 0 Å². The molecule has 2 fully saturated rings. The second kappa shape index (κ2) is 14.2. The van der Waals surface area contributed by atoms with Gasteiger partial charge in [0.2, 0.25) is 0 Å². The zero-order valence-corrected chi connectivity index (χ0v) is 31.4. The van der Waals surface area contributed by atoms with Crippen molar-refractivity contribution in [3.05, 3.63) is 57.6 Å². The molecule has 14 heteroatoms. The number of carbonyl (C=O) groups excluding carboxylic acids is 6. The van der Waals surface area contributed by atoms with Crippen molar-refractivity contribution < 1.29 is 61.9 Å². The number of halogens is 1. The standard InChI is InChI=1S/C37H43BrO13/c1-9-10-27(42)49-29-19(3)17-26-37(36(8,51-37)34(44)48-26)31(46-21(5)40)28-18(2)11-16-25(45-20(4)39)35(28,7)32(47-22(6)41)30(29)50-33(43)23-12-14-24(38)15-13-23/h11-15,17,25-26,28-32H,9-10,16H2,1-8H3/b19-17+/t25-,26-,28+,29?,30-,31-,32-,35+,36-,37-/m0/s1. The molecule has 2 aliphatic carbocycles. The predicted molar refractivity (Wildman–Crippen MR) is 181 cm³/mol. The first-order valence-corrected chi connectivity index (χ1v) is 17.6. The lowest BCUT2D eigenvalue weighted by molar-refractivity contribution is -0.218. The van der Waals surface area contributed by atoms with Crippen LogP contribution in [0.4, 0.5) is 0 Å². The summed E-state index contributed by atoms with van der Waals surface area (Å²) in [6, 6.07) is 6.34. The summed E-state index contributed by atoms with van der Waals surface area (Å²) < 4.78 is 43.5. The number of esters is 6. The Morgan fingerprint density at radius 2 is 1.47 bits per heavy atom. The van der Waals surface area contributed by atoms with Gasteiger partial charge in [0.15, 0.2) is 35.6 Å². The van der Waals surface area contributed by atoms with E-state index in [1.165, 1.54) is 45.9 Å². The van der Waals surface area contributed by atoms with Crippen LogP contribution in [0.25, 0.3) is 0 Å². The van der Waals surface area contributed by atoms with Gasteiger partial charge in [-0.1, -0.05) is 41.4 Å². The van der Waals surface area contributed by atoms with Crippen molar-refractivity contribution in [3.63, 3.8) is 0 Å². The van der Waals surface area contributed by atoms with E-state index in [4.69, 9.17) is 33.2 Å². The van der Waals surface area contributed by atoms with E-state index in [1.807, 2.05) is 0 Å². The molecular formula is C37H43BrO13. The molecule has 1 aromatic carbocycles. The zero-order chi connectivity index (χ0) is 37.6. The lowest BCUT2D eigenvalue weighted by atomic mass is 9.56. The fourth-order valence-corrected chi connectivity index (χ4v) is 8.26. The van der Waals surface area contributed by atoms with Crippen molar-refractivity contribution in [2.45, 2.75) is 122 Å². The quantitative estimate of drug-likeness (QED) is 0.152. The van der Waals surface area contributed by atoms with Gasteiger partial charge in [-0.2, -0.15) is 0 Å². The number of ether oxygens (including phenoxy) is 7. The van der Waals surface area contributed by atoms with Gasteiger partial charge in [-0.3, -0.25) is 19.2 Å². The second-order valence-electron chi connectivity index (χ2n) is 13.9. The van der Waals surface area contributed by atoms with E-state index in [-0.39, 0.29) is 24.0 Å². The van der Waals surface area contributed by atoms with E-state index in [1.54, 1.807) is 45.9 Å². The number of benzene rings is 1. The highest BCUT2D eigenvalue weighted by molar-refractivity contribution is 9.10. The van der Waals surface area contributed by atoms with Gasteiger partial charge >= 0.3 is 35.8 Å². The van der Waals surface area contributed by atoms with Gasteiger partial charge in [-0.15, -0.1) is 0 Å². The molecule has 13 nitrogen and oxygen atoms in total. The molecule has 0 saturated carbocycles. The third kappa shape index (κ3) is 6.72. The average Bonchev–Trinajstić information content (AvgIpc) is 3.63. The van der Waals surface area contributed by atoms with Crippen LogP contribution in [-0.4, -0.2) is 83.6 Å². The molecule has 2 saturated heterocycles. The van der Waals surface area contributed by atoms with Crippen LogP contribution in [0.1, 0.15) is 85.0 Å². The van der Waals surface area contributed by atoms with Crippen LogP contribution in [0.3, 0.4) is 0 Å². The Balaban J connectivity index is 1.86. The zero-order valence-electron chi connectivity index (χ0n) is 29.8. The highest BCUT2D eigenvalue weighted by Gasteiger charge is 2.87. The maximum atomic E-state index is 14.0. The monoisotopic (exact) mass is 774 g/mol. The molecule has 2 heterocycles. The van der Waals surface area contributed by atoms with E-state index in [0.29, 0.717) is 16.5 Å². The molecule has 276 valence electrons. The third-order valence-electron chi connectivity index (χ3n) is 10.4. The van der Waals surface area contributed by atoms with Crippen molar-refractivity contribution in [2.24, 2.45) is 11.3 Å². The highest BCUT2D eigenvalue weighted by Crippen LogP contribution is 2.65. The summed E-state index contributed by atoms with van der Waals surface area (Å²) in [5.41, 5.74) is -3.76. The largest absolute Gasteiger partial charge is 0.461 e. The summed E-state index contributed by atoms with van der Waals surface area (Å²) >= 11 is 3.36. The van der Waals surface area contributed by atoms with Crippen molar-refractivity contribution in [2.75, 3.05) is 0 Å². The lowest BCUT2D eigenvalue weighted by Crippen LogP contribution is -2.66. The Labute approximate surface area is 304 Å². The second-order valence-corrected chi connectivity index (χ2v) is 14.8. The predicted octanol–water partition coefficient (Wildman–Crippen LogP) is 4.87. The van der Waals surface area contributed by atoms with E-state index < -0.39 is 95.0 Å².